The minimum Gasteiger partial charge on any atom is -0.492 e. The van der Waals surface area contributed by atoms with Gasteiger partial charge >= 0.3 is 0 Å². The zero-order valence-corrected chi connectivity index (χ0v) is 11.7. The lowest BCUT2D eigenvalue weighted by molar-refractivity contribution is -0.118. The predicted octanol–water partition coefficient (Wildman–Crippen LogP) is 4.78. The number of rotatable bonds is 6. The molecule has 0 aromatic heterocycles. The third-order valence-electron chi connectivity index (χ3n) is 2.23. The van der Waals surface area contributed by atoms with E-state index < -0.39 is 0 Å². The summed E-state index contributed by atoms with van der Waals surface area (Å²) < 4.78 is 5.44. The van der Waals surface area contributed by atoms with Crippen molar-refractivity contribution in [3.05, 3.63) is 27.2 Å². The zero-order valence-electron chi connectivity index (χ0n) is 9.43. The second-order valence-corrected chi connectivity index (χ2v) is 4.76. The number of carbonyl (C=O) groups is 1. The Morgan fingerprint density at radius 1 is 1.18 bits per heavy atom. The number of ether oxygens (including phenoxy) is 1. The van der Waals surface area contributed by atoms with Crippen molar-refractivity contribution in [2.75, 3.05) is 6.61 Å². The van der Waals surface area contributed by atoms with Crippen molar-refractivity contribution in [3.63, 3.8) is 0 Å². The molecule has 0 radical (unpaired) electrons. The van der Waals surface area contributed by atoms with E-state index in [1.165, 1.54) is 6.07 Å². The van der Waals surface area contributed by atoms with E-state index in [-0.39, 0.29) is 5.78 Å². The molecule has 0 atom stereocenters. The number of hydrogen-bond donors (Lipinski definition) is 0. The van der Waals surface area contributed by atoms with Gasteiger partial charge in [-0.1, -0.05) is 41.7 Å². The number of hydrogen-bond acceptors (Lipinski definition) is 2. The van der Waals surface area contributed by atoms with Gasteiger partial charge in [0.25, 0.3) is 0 Å². The fourth-order valence-electron chi connectivity index (χ4n) is 1.24. The van der Waals surface area contributed by atoms with Gasteiger partial charge in [-0.3, -0.25) is 4.79 Å². The second-order valence-electron chi connectivity index (χ2n) is 3.54. The molecule has 1 rings (SSSR count). The lowest BCUT2D eigenvalue weighted by Crippen LogP contribution is -2.02. The van der Waals surface area contributed by atoms with Gasteiger partial charge in [0.2, 0.25) is 0 Å². The van der Waals surface area contributed by atoms with Crippen LogP contribution in [-0.4, -0.2) is 12.4 Å². The van der Waals surface area contributed by atoms with Gasteiger partial charge < -0.3 is 4.74 Å². The Morgan fingerprint density at radius 2 is 1.82 bits per heavy atom. The van der Waals surface area contributed by atoms with Crippen molar-refractivity contribution in [1.29, 1.82) is 0 Å². The highest BCUT2D eigenvalue weighted by atomic mass is 35.5. The first-order chi connectivity index (χ1) is 8.04. The van der Waals surface area contributed by atoms with Crippen molar-refractivity contribution in [2.45, 2.75) is 26.2 Å². The number of Topliss-reactive ketones (excluding diaryl/α,β-unsaturated/α-hetero) is 1. The number of halogens is 3. The summed E-state index contributed by atoms with van der Waals surface area (Å²) >= 11 is 17.6. The lowest BCUT2D eigenvalue weighted by Gasteiger charge is -2.08. The molecular weight excluding hydrogens is 282 g/mol. The van der Waals surface area contributed by atoms with Gasteiger partial charge in [-0.15, -0.1) is 0 Å². The molecule has 0 unspecified atom stereocenters. The summed E-state index contributed by atoms with van der Waals surface area (Å²) in [6.45, 7) is 2.28. The predicted molar refractivity (Wildman–Crippen MR) is 71.5 cm³/mol. The van der Waals surface area contributed by atoms with Crippen LogP contribution in [0.4, 0.5) is 0 Å². The first kappa shape index (κ1) is 14.6. The maximum atomic E-state index is 11.1. The first-order valence-corrected chi connectivity index (χ1v) is 6.47. The number of carbonyl (C=O) groups excluding carboxylic acids is 1. The van der Waals surface area contributed by atoms with Gasteiger partial charge in [-0.05, 0) is 12.5 Å². The molecule has 0 amide bonds. The second kappa shape index (κ2) is 7.10. The minimum atomic E-state index is 0.230. The quantitative estimate of drug-likeness (QED) is 0.557. The minimum absolute atomic E-state index is 0.230. The number of benzene rings is 1. The van der Waals surface area contributed by atoms with Crippen LogP contribution in [0.15, 0.2) is 12.1 Å². The van der Waals surface area contributed by atoms with E-state index in [9.17, 15) is 4.79 Å². The molecule has 5 heteroatoms. The smallest absolute Gasteiger partial charge is 0.139 e. The van der Waals surface area contributed by atoms with Gasteiger partial charge in [0, 0.05) is 18.9 Å². The molecule has 1 aromatic rings. The topological polar surface area (TPSA) is 26.3 Å². The fourth-order valence-corrected chi connectivity index (χ4v) is 1.83. The third-order valence-corrected chi connectivity index (χ3v) is 3.24. The molecule has 0 bridgehead atoms. The Kier molecular flexibility index (Phi) is 6.10. The van der Waals surface area contributed by atoms with Crippen LogP contribution in [0, 0.1) is 0 Å². The van der Waals surface area contributed by atoms with E-state index >= 15 is 0 Å². The summed E-state index contributed by atoms with van der Waals surface area (Å²) in [5.41, 5.74) is 0. The van der Waals surface area contributed by atoms with E-state index in [4.69, 9.17) is 39.5 Å². The molecule has 1 aromatic carbocycles. The van der Waals surface area contributed by atoms with Crippen LogP contribution in [0.3, 0.4) is 0 Å². The molecule has 0 saturated heterocycles. The third kappa shape index (κ3) is 4.74. The molecule has 0 spiro atoms. The molecular formula is C12H13Cl3O2. The Hall–Kier alpha value is -0.440. The summed E-state index contributed by atoms with van der Waals surface area (Å²) in [5, 5.41) is 1.21. The van der Waals surface area contributed by atoms with Crippen molar-refractivity contribution >= 4 is 40.6 Å². The molecule has 0 aliphatic carbocycles. The highest BCUT2D eigenvalue weighted by molar-refractivity contribution is 6.43. The summed E-state index contributed by atoms with van der Waals surface area (Å²) in [6, 6.07) is 3.12. The molecule has 94 valence electrons. The summed E-state index contributed by atoms with van der Waals surface area (Å²) in [7, 11) is 0. The SMILES string of the molecule is CCC(=O)CCCOc1cc(Cl)c(Cl)cc1Cl. The standard InChI is InChI=1S/C12H13Cl3O2/c1-2-8(16)4-3-5-17-12-7-10(14)9(13)6-11(12)15/h6-7H,2-5H2,1H3. The van der Waals surface area contributed by atoms with Gasteiger partial charge in [-0.2, -0.15) is 0 Å². The first-order valence-electron chi connectivity index (χ1n) is 5.33. The monoisotopic (exact) mass is 294 g/mol. The summed E-state index contributed by atoms with van der Waals surface area (Å²) in [4.78, 5) is 11.1. The summed E-state index contributed by atoms with van der Waals surface area (Å²) in [5.74, 6) is 0.721. The van der Waals surface area contributed by atoms with Crippen LogP contribution in [-0.2, 0) is 4.79 Å². The van der Waals surface area contributed by atoms with Crippen LogP contribution in [0.2, 0.25) is 15.1 Å². The van der Waals surface area contributed by atoms with Crippen molar-refractivity contribution in [1.82, 2.24) is 0 Å². The van der Waals surface area contributed by atoms with E-state index in [0.29, 0.717) is 46.7 Å². The molecule has 2 nitrogen and oxygen atoms in total. The van der Waals surface area contributed by atoms with Crippen molar-refractivity contribution in [2.24, 2.45) is 0 Å². The summed E-state index contributed by atoms with van der Waals surface area (Å²) in [6.07, 6.45) is 1.76. The van der Waals surface area contributed by atoms with Crippen LogP contribution in [0.1, 0.15) is 26.2 Å². The Bertz CT molecular complexity index is 405. The van der Waals surface area contributed by atoms with Gasteiger partial charge in [-0.25, -0.2) is 0 Å². The molecule has 0 fully saturated rings. The molecule has 0 saturated carbocycles. The number of ketones is 1. The van der Waals surface area contributed by atoms with Crippen LogP contribution in [0.5, 0.6) is 5.75 Å². The van der Waals surface area contributed by atoms with Gasteiger partial charge in [0.1, 0.15) is 11.5 Å². The normalized spacial score (nSPS) is 10.4. The van der Waals surface area contributed by atoms with Gasteiger partial charge in [0.15, 0.2) is 0 Å². The Labute approximate surface area is 116 Å². The molecule has 0 heterocycles. The van der Waals surface area contributed by atoms with E-state index in [2.05, 4.69) is 0 Å². The molecule has 0 aliphatic rings. The van der Waals surface area contributed by atoms with E-state index in [1.54, 1.807) is 6.07 Å². The average Bonchev–Trinajstić information content (AvgIpc) is 2.30. The largest absolute Gasteiger partial charge is 0.492 e. The fraction of sp³-hybridized carbons (Fsp3) is 0.417. The van der Waals surface area contributed by atoms with Crippen LogP contribution < -0.4 is 4.74 Å². The lowest BCUT2D eigenvalue weighted by atomic mass is 10.2. The molecule has 0 aliphatic heterocycles. The van der Waals surface area contributed by atoms with Gasteiger partial charge in [0.05, 0.1) is 21.7 Å². The van der Waals surface area contributed by atoms with E-state index in [0.717, 1.165) is 0 Å². The highest BCUT2D eigenvalue weighted by Gasteiger charge is 2.07. The average molecular weight is 296 g/mol. The molecule has 0 N–H and O–H groups in total. The van der Waals surface area contributed by atoms with Crippen molar-refractivity contribution < 1.29 is 9.53 Å². The molecule has 17 heavy (non-hydrogen) atoms. The van der Waals surface area contributed by atoms with E-state index in [1.807, 2.05) is 6.92 Å². The Balaban J connectivity index is 2.47. The maximum absolute atomic E-state index is 11.1. The zero-order chi connectivity index (χ0) is 12.8. The van der Waals surface area contributed by atoms with Crippen LogP contribution >= 0.6 is 34.8 Å². The van der Waals surface area contributed by atoms with Crippen LogP contribution in [0.25, 0.3) is 0 Å². The Morgan fingerprint density at radius 3 is 2.47 bits per heavy atom. The maximum Gasteiger partial charge on any atom is 0.139 e. The highest BCUT2D eigenvalue weighted by Crippen LogP contribution is 2.33. The van der Waals surface area contributed by atoms with Crippen molar-refractivity contribution in [3.8, 4) is 5.75 Å².